The molecule has 0 radical (unpaired) electrons. The molecule has 0 spiro atoms. The number of hydrogen-bond donors (Lipinski definition) is 2. The number of nitrogens with zero attached hydrogens (tertiary/aromatic N) is 1. The largest absolute Gasteiger partial charge is 0.444 e. The van der Waals surface area contributed by atoms with Crippen LogP contribution >= 0.6 is 0 Å². The monoisotopic (exact) mass is 433 g/mol. The second-order valence-electron chi connectivity index (χ2n) is 8.51. The summed E-state index contributed by atoms with van der Waals surface area (Å²) >= 11 is 0. The summed E-state index contributed by atoms with van der Waals surface area (Å²) in [5.74, 6) is -0.264. The van der Waals surface area contributed by atoms with Gasteiger partial charge in [0.25, 0.3) is 5.91 Å². The number of carbonyl (C=O) groups excluding carboxylic acids is 4. The van der Waals surface area contributed by atoms with Crippen LogP contribution in [0.15, 0.2) is 24.3 Å². The molecule has 0 unspecified atom stereocenters. The lowest BCUT2D eigenvalue weighted by atomic mass is 9.96. The minimum atomic E-state index is -0.615. The van der Waals surface area contributed by atoms with Gasteiger partial charge in [-0.05, 0) is 57.7 Å². The smallest absolute Gasteiger partial charge is 0.408 e. The highest BCUT2D eigenvalue weighted by atomic mass is 16.6. The van der Waals surface area contributed by atoms with E-state index in [1.807, 2.05) is 0 Å². The Balaban J connectivity index is 1.72. The van der Waals surface area contributed by atoms with E-state index in [9.17, 15) is 19.2 Å². The van der Waals surface area contributed by atoms with Crippen LogP contribution < -0.4 is 15.4 Å². The van der Waals surface area contributed by atoms with Gasteiger partial charge in [-0.1, -0.05) is 6.07 Å². The lowest BCUT2D eigenvalue weighted by molar-refractivity contribution is -0.132. The number of rotatable bonds is 6. The normalized spacial score (nSPS) is 14.5. The summed E-state index contributed by atoms with van der Waals surface area (Å²) in [6, 6.07) is 6.45. The Kier molecular flexibility index (Phi) is 8.41. The predicted molar refractivity (Wildman–Crippen MR) is 114 cm³/mol. The van der Waals surface area contributed by atoms with Crippen molar-refractivity contribution in [2.24, 2.45) is 5.92 Å². The van der Waals surface area contributed by atoms with Gasteiger partial charge in [-0.15, -0.1) is 0 Å². The van der Waals surface area contributed by atoms with E-state index in [1.54, 1.807) is 43.9 Å². The zero-order valence-electron chi connectivity index (χ0n) is 18.5. The molecule has 0 aromatic heterocycles. The van der Waals surface area contributed by atoms with Crippen LogP contribution in [-0.4, -0.2) is 60.6 Å². The fourth-order valence-electron chi connectivity index (χ4n) is 3.17. The van der Waals surface area contributed by atoms with Gasteiger partial charge in [-0.3, -0.25) is 14.4 Å². The van der Waals surface area contributed by atoms with Gasteiger partial charge in [0.05, 0.1) is 0 Å². The molecule has 1 aromatic carbocycles. The number of carbonyl (C=O) groups is 4. The second kappa shape index (κ2) is 10.8. The van der Waals surface area contributed by atoms with Gasteiger partial charge in [0, 0.05) is 32.1 Å². The van der Waals surface area contributed by atoms with E-state index in [0.717, 1.165) is 12.8 Å². The van der Waals surface area contributed by atoms with E-state index >= 15 is 0 Å². The van der Waals surface area contributed by atoms with Crippen molar-refractivity contribution >= 4 is 23.9 Å². The molecule has 1 aromatic rings. The fourth-order valence-corrected chi connectivity index (χ4v) is 3.17. The van der Waals surface area contributed by atoms with Crippen LogP contribution in [0.2, 0.25) is 0 Å². The molecule has 0 aliphatic carbocycles. The maximum absolute atomic E-state index is 12.4. The summed E-state index contributed by atoms with van der Waals surface area (Å²) in [5, 5.41) is 5.38. The van der Waals surface area contributed by atoms with Crippen molar-refractivity contribution in [3.8, 4) is 5.75 Å². The summed E-state index contributed by atoms with van der Waals surface area (Å²) in [5.41, 5.74) is -0.197. The van der Waals surface area contributed by atoms with Crippen LogP contribution in [0.3, 0.4) is 0 Å². The Morgan fingerprint density at radius 2 is 1.77 bits per heavy atom. The number of piperidine rings is 1. The minimum absolute atomic E-state index is 0.102. The van der Waals surface area contributed by atoms with Crippen molar-refractivity contribution in [3.05, 3.63) is 29.8 Å². The van der Waals surface area contributed by atoms with Crippen LogP contribution in [0, 0.1) is 5.92 Å². The molecule has 3 amide bonds. The van der Waals surface area contributed by atoms with Crippen molar-refractivity contribution in [2.45, 2.75) is 46.1 Å². The number of ether oxygens (including phenoxy) is 2. The molecule has 1 fully saturated rings. The maximum Gasteiger partial charge on any atom is 0.408 e. The second-order valence-corrected chi connectivity index (χ2v) is 8.51. The molecule has 0 atom stereocenters. The van der Waals surface area contributed by atoms with Gasteiger partial charge in [0.2, 0.25) is 5.91 Å². The molecule has 31 heavy (non-hydrogen) atoms. The van der Waals surface area contributed by atoms with Crippen molar-refractivity contribution in [1.82, 2.24) is 15.5 Å². The molecule has 9 nitrogen and oxygen atoms in total. The van der Waals surface area contributed by atoms with Crippen molar-refractivity contribution in [3.63, 3.8) is 0 Å². The Morgan fingerprint density at radius 1 is 1.10 bits per heavy atom. The highest BCUT2D eigenvalue weighted by Gasteiger charge is 2.24. The molecule has 1 aliphatic heterocycles. The molecular weight excluding hydrogens is 402 g/mol. The topological polar surface area (TPSA) is 114 Å². The van der Waals surface area contributed by atoms with E-state index in [2.05, 4.69) is 10.6 Å². The summed E-state index contributed by atoms with van der Waals surface area (Å²) in [6.45, 7) is 8.10. The lowest BCUT2D eigenvalue weighted by Gasteiger charge is -2.32. The first kappa shape index (κ1) is 24.2. The summed E-state index contributed by atoms with van der Waals surface area (Å²) in [6.07, 6.45) is 0.897. The molecular formula is C22H31N3O6. The summed E-state index contributed by atoms with van der Waals surface area (Å²) in [4.78, 5) is 49.1. The number of hydrogen-bond acceptors (Lipinski definition) is 6. The van der Waals surface area contributed by atoms with Crippen LogP contribution in [0.25, 0.3) is 0 Å². The highest BCUT2D eigenvalue weighted by Crippen LogP contribution is 2.17. The first-order chi connectivity index (χ1) is 14.5. The van der Waals surface area contributed by atoms with Crippen molar-refractivity contribution in [2.75, 3.05) is 26.2 Å². The van der Waals surface area contributed by atoms with Crippen LogP contribution in [0.4, 0.5) is 4.79 Å². The average molecular weight is 434 g/mol. The molecule has 1 aliphatic rings. The quantitative estimate of drug-likeness (QED) is 0.525. The Bertz CT molecular complexity index is 810. The van der Waals surface area contributed by atoms with Gasteiger partial charge in [0.15, 0.2) is 0 Å². The molecule has 9 heteroatoms. The third kappa shape index (κ3) is 8.65. The zero-order chi connectivity index (χ0) is 23.0. The zero-order valence-corrected chi connectivity index (χ0v) is 18.5. The lowest BCUT2D eigenvalue weighted by Crippen LogP contribution is -2.46. The molecule has 170 valence electrons. The molecule has 1 saturated heterocycles. The van der Waals surface area contributed by atoms with Gasteiger partial charge in [-0.2, -0.15) is 0 Å². The van der Waals surface area contributed by atoms with Crippen molar-refractivity contribution < 1.29 is 28.7 Å². The number of alkyl carbamates (subject to hydrolysis) is 1. The molecule has 2 N–H and O–H groups in total. The third-order valence-electron chi connectivity index (χ3n) is 4.66. The van der Waals surface area contributed by atoms with Crippen LogP contribution in [-0.2, 0) is 14.3 Å². The van der Waals surface area contributed by atoms with E-state index in [1.165, 1.54) is 13.0 Å². The Hall–Kier alpha value is -3.10. The van der Waals surface area contributed by atoms with Gasteiger partial charge < -0.3 is 25.0 Å². The number of esters is 1. The summed E-state index contributed by atoms with van der Waals surface area (Å²) < 4.78 is 10.1. The fraction of sp³-hybridized carbons (Fsp3) is 0.545. The SMILES string of the molecule is CC(=O)Oc1cccc(C(=O)NCC2CCN(C(=O)CNC(=O)OC(C)(C)C)CC2)c1. The Labute approximate surface area is 182 Å². The maximum atomic E-state index is 12.4. The first-order valence-corrected chi connectivity index (χ1v) is 10.3. The van der Waals surface area contributed by atoms with Gasteiger partial charge in [0.1, 0.15) is 17.9 Å². The average Bonchev–Trinajstić information content (AvgIpc) is 2.69. The minimum Gasteiger partial charge on any atom is -0.444 e. The molecule has 2 rings (SSSR count). The summed E-state index contributed by atoms with van der Waals surface area (Å²) in [7, 11) is 0. The standard InChI is InChI=1S/C22H31N3O6/c1-15(26)30-18-7-5-6-17(12-18)20(28)23-13-16-8-10-25(11-9-16)19(27)14-24-21(29)31-22(2,3)4/h5-7,12,16H,8-11,13-14H2,1-4H3,(H,23,28)(H,24,29). The van der Waals surface area contributed by atoms with Gasteiger partial charge >= 0.3 is 12.1 Å². The van der Waals surface area contributed by atoms with E-state index in [0.29, 0.717) is 30.9 Å². The Morgan fingerprint density at radius 3 is 2.39 bits per heavy atom. The molecule has 0 bridgehead atoms. The van der Waals surface area contributed by atoms with Crippen LogP contribution in [0.5, 0.6) is 5.75 Å². The van der Waals surface area contributed by atoms with E-state index in [-0.39, 0.29) is 24.3 Å². The molecule has 1 heterocycles. The highest BCUT2D eigenvalue weighted by molar-refractivity contribution is 5.94. The third-order valence-corrected chi connectivity index (χ3v) is 4.66. The number of amides is 3. The number of benzene rings is 1. The number of nitrogens with one attached hydrogen (secondary N) is 2. The molecule has 0 saturated carbocycles. The van der Waals surface area contributed by atoms with E-state index in [4.69, 9.17) is 9.47 Å². The van der Waals surface area contributed by atoms with E-state index < -0.39 is 17.7 Å². The number of likely N-dealkylation sites (tertiary alicyclic amines) is 1. The van der Waals surface area contributed by atoms with Crippen LogP contribution in [0.1, 0.15) is 50.9 Å². The van der Waals surface area contributed by atoms with Crippen molar-refractivity contribution in [1.29, 1.82) is 0 Å². The predicted octanol–water partition coefficient (Wildman–Crippen LogP) is 2.10. The van der Waals surface area contributed by atoms with Gasteiger partial charge in [-0.25, -0.2) is 4.79 Å². The first-order valence-electron chi connectivity index (χ1n) is 10.3.